The molecule has 128 valence electrons. The second kappa shape index (κ2) is 7.82. The lowest BCUT2D eigenvalue weighted by molar-refractivity contribution is 0.781. The van der Waals surface area contributed by atoms with Crippen molar-refractivity contribution in [3.63, 3.8) is 0 Å². The van der Waals surface area contributed by atoms with Crippen LogP contribution in [-0.4, -0.2) is 16.5 Å². The summed E-state index contributed by atoms with van der Waals surface area (Å²) in [5.41, 5.74) is 3.39. The number of rotatable bonds is 4. The van der Waals surface area contributed by atoms with Crippen LogP contribution in [0.3, 0.4) is 0 Å². The van der Waals surface area contributed by atoms with Crippen LogP contribution in [0.4, 0.5) is 5.69 Å². The van der Waals surface area contributed by atoms with Crippen LogP contribution in [0, 0.1) is 22.7 Å². The highest BCUT2D eigenvalue weighted by molar-refractivity contribution is 6.31. The zero-order chi connectivity index (χ0) is 18.5. The predicted octanol–water partition coefficient (Wildman–Crippen LogP) is 4.55. The molecule has 0 atom stereocenters. The number of benzene rings is 1. The Morgan fingerprint density at radius 3 is 2.62 bits per heavy atom. The lowest BCUT2D eigenvalue weighted by Crippen LogP contribution is -2.20. The standard InChI is InChI=1S/C20H16ClN5/c1-2-3-9-26-10-8-14(15-6-4-5-7-19(15)26)11-16-20(21)25-18(13-23)17(12-22)24-16/h4-8,10-11H,2-3,9H2,1H3/b14-11-. The monoisotopic (exact) mass is 361 g/mol. The molecule has 1 aliphatic heterocycles. The zero-order valence-electron chi connectivity index (χ0n) is 14.3. The average Bonchev–Trinajstić information content (AvgIpc) is 2.68. The molecule has 0 spiro atoms. The molecule has 1 aromatic heterocycles. The van der Waals surface area contributed by atoms with Gasteiger partial charge in [0.1, 0.15) is 17.8 Å². The van der Waals surface area contributed by atoms with Crippen LogP contribution in [-0.2, 0) is 0 Å². The van der Waals surface area contributed by atoms with Crippen LogP contribution < -0.4 is 4.90 Å². The van der Waals surface area contributed by atoms with Gasteiger partial charge < -0.3 is 4.90 Å². The van der Waals surface area contributed by atoms with Crippen molar-refractivity contribution < 1.29 is 0 Å². The van der Waals surface area contributed by atoms with Gasteiger partial charge in [0.05, 0.1) is 0 Å². The molecule has 0 aliphatic carbocycles. The molecule has 1 aromatic carbocycles. The largest absolute Gasteiger partial charge is 0.347 e. The van der Waals surface area contributed by atoms with Gasteiger partial charge in [-0.3, -0.25) is 0 Å². The first kappa shape index (κ1) is 17.7. The topological polar surface area (TPSA) is 76.6 Å². The highest BCUT2D eigenvalue weighted by Crippen LogP contribution is 2.34. The highest BCUT2D eigenvalue weighted by Gasteiger charge is 2.17. The van der Waals surface area contributed by atoms with Gasteiger partial charge in [0.15, 0.2) is 16.5 Å². The van der Waals surface area contributed by atoms with E-state index in [4.69, 9.17) is 22.1 Å². The first-order valence-electron chi connectivity index (χ1n) is 8.31. The molecule has 0 unspecified atom stereocenters. The summed E-state index contributed by atoms with van der Waals surface area (Å²) in [6, 6.07) is 11.8. The fourth-order valence-electron chi connectivity index (χ4n) is 2.78. The average molecular weight is 362 g/mol. The van der Waals surface area contributed by atoms with E-state index in [1.807, 2.05) is 42.6 Å². The lowest BCUT2D eigenvalue weighted by atomic mass is 9.98. The van der Waals surface area contributed by atoms with E-state index >= 15 is 0 Å². The fourth-order valence-corrected chi connectivity index (χ4v) is 2.96. The minimum Gasteiger partial charge on any atom is -0.347 e. The number of nitriles is 2. The van der Waals surface area contributed by atoms with E-state index in [9.17, 15) is 0 Å². The van der Waals surface area contributed by atoms with E-state index in [1.54, 1.807) is 6.08 Å². The smallest absolute Gasteiger partial charge is 0.178 e. The molecule has 1 aliphatic rings. The van der Waals surface area contributed by atoms with E-state index in [1.165, 1.54) is 0 Å². The number of halogens is 1. The predicted molar refractivity (Wildman–Crippen MR) is 102 cm³/mol. The maximum absolute atomic E-state index is 9.16. The van der Waals surface area contributed by atoms with Crippen LogP contribution in [0.1, 0.15) is 42.4 Å². The Morgan fingerprint density at radius 1 is 1.15 bits per heavy atom. The molecule has 0 saturated carbocycles. The van der Waals surface area contributed by atoms with Gasteiger partial charge in [0.2, 0.25) is 0 Å². The van der Waals surface area contributed by atoms with Gasteiger partial charge in [-0.1, -0.05) is 43.1 Å². The second-order valence-corrected chi connectivity index (χ2v) is 6.16. The van der Waals surface area contributed by atoms with Crippen LogP contribution in [0.25, 0.3) is 11.6 Å². The Hall–Kier alpha value is -3.15. The summed E-state index contributed by atoms with van der Waals surface area (Å²) < 4.78 is 0. The number of unbranched alkanes of at least 4 members (excludes halogenated alkanes) is 1. The zero-order valence-corrected chi connectivity index (χ0v) is 15.0. The van der Waals surface area contributed by atoms with E-state index in [2.05, 4.69) is 27.9 Å². The van der Waals surface area contributed by atoms with Crippen molar-refractivity contribution in [1.29, 1.82) is 10.5 Å². The van der Waals surface area contributed by atoms with Gasteiger partial charge in [-0.2, -0.15) is 10.5 Å². The third-order valence-electron chi connectivity index (χ3n) is 4.09. The molecule has 2 heterocycles. The third-order valence-corrected chi connectivity index (χ3v) is 4.37. The minimum atomic E-state index is -0.0648. The maximum Gasteiger partial charge on any atom is 0.178 e. The van der Waals surface area contributed by atoms with Crippen molar-refractivity contribution in [1.82, 2.24) is 9.97 Å². The maximum atomic E-state index is 9.16. The van der Waals surface area contributed by atoms with E-state index in [0.29, 0.717) is 5.69 Å². The van der Waals surface area contributed by atoms with Gasteiger partial charge in [0, 0.05) is 24.0 Å². The number of aromatic nitrogens is 2. The SMILES string of the molecule is CCCCN1C=C/C(=C/c2nc(C#N)c(C#N)nc2Cl)c2ccccc21. The van der Waals surface area contributed by atoms with Gasteiger partial charge >= 0.3 is 0 Å². The molecule has 2 aromatic rings. The minimum absolute atomic E-state index is 0.0265. The molecule has 3 rings (SSSR count). The van der Waals surface area contributed by atoms with Crippen molar-refractivity contribution >= 4 is 28.9 Å². The number of fused-ring (bicyclic) bond motifs is 1. The van der Waals surface area contributed by atoms with Crippen molar-refractivity contribution in [3.8, 4) is 12.1 Å². The number of nitrogens with zero attached hydrogens (tertiary/aromatic N) is 5. The molecule has 26 heavy (non-hydrogen) atoms. The molecule has 0 bridgehead atoms. The first-order chi connectivity index (χ1) is 12.7. The van der Waals surface area contributed by atoms with Crippen molar-refractivity contribution in [2.45, 2.75) is 19.8 Å². The lowest BCUT2D eigenvalue weighted by Gasteiger charge is -2.27. The summed E-state index contributed by atoms with van der Waals surface area (Å²) in [4.78, 5) is 10.4. The normalized spacial score (nSPS) is 14.0. The Bertz CT molecular complexity index is 979. The molecular formula is C20H16ClN5. The van der Waals surface area contributed by atoms with E-state index < -0.39 is 0 Å². The highest BCUT2D eigenvalue weighted by atomic mass is 35.5. The first-order valence-corrected chi connectivity index (χ1v) is 8.69. The quantitative estimate of drug-likeness (QED) is 0.798. The molecule has 6 heteroatoms. The second-order valence-electron chi connectivity index (χ2n) is 5.80. The molecular weight excluding hydrogens is 346 g/mol. The number of hydrogen-bond donors (Lipinski definition) is 0. The Kier molecular flexibility index (Phi) is 5.31. The van der Waals surface area contributed by atoms with Crippen molar-refractivity contribution in [2.24, 2.45) is 0 Å². The summed E-state index contributed by atoms with van der Waals surface area (Å²) in [5, 5.41) is 18.3. The Labute approximate surface area is 157 Å². The van der Waals surface area contributed by atoms with Crippen molar-refractivity contribution in [3.05, 3.63) is 64.3 Å². The Balaban J connectivity index is 2.06. The molecule has 0 amide bonds. The number of para-hydroxylation sites is 1. The van der Waals surface area contributed by atoms with Gasteiger partial charge in [0.25, 0.3) is 0 Å². The molecule has 5 nitrogen and oxygen atoms in total. The molecule has 0 radical (unpaired) electrons. The van der Waals surface area contributed by atoms with Crippen LogP contribution in [0.15, 0.2) is 36.5 Å². The van der Waals surface area contributed by atoms with E-state index in [-0.39, 0.29) is 16.5 Å². The number of allylic oxidation sites excluding steroid dienone is 2. The molecule has 0 saturated heterocycles. The number of anilines is 1. The number of hydrogen-bond acceptors (Lipinski definition) is 5. The summed E-state index contributed by atoms with van der Waals surface area (Å²) >= 11 is 6.17. The fraction of sp³-hybridized carbons (Fsp3) is 0.200. The third kappa shape index (κ3) is 3.44. The molecule has 0 N–H and O–H groups in total. The summed E-state index contributed by atoms with van der Waals surface area (Å²) in [6.45, 7) is 3.12. The van der Waals surface area contributed by atoms with Crippen molar-refractivity contribution in [2.75, 3.05) is 11.4 Å². The Morgan fingerprint density at radius 2 is 1.88 bits per heavy atom. The summed E-state index contributed by atoms with van der Waals surface area (Å²) in [5.74, 6) is 0. The van der Waals surface area contributed by atoms with Crippen LogP contribution in [0.2, 0.25) is 5.15 Å². The van der Waals surface area contributed by atoms with E-state index in [0.717, 1.165) is 36.2 Å². The van der Waals surface area contributed by atoms with Crippen LogP contribution >= 0.6 is 11.6 Å². The summed E-state index contributed by atoms with van der Waals surface area (Å²) in [7, 11) is 0. The molecule has 0 fully saturated rings. The van der Waals surface area contributed by atoms with Crippen LogP contribution in [0.5, 0.6) is 0 Å². The van der Waals surface area contributed by atoms with Gasteiger partial charge in [-0.15, -0.1) is 0 Å². The van der Waals surface area contributed by atoms with Gasteiger partial charge in [-0.05, 0) is 30.2 Å². The van der Waals surface area contributed by atoms with Gasteiger partial charge in [-0.25, -0.2) is 9.97 Å². The summed E-state index contributed by atoms with van der Waals surface area (Å²) in [6.07, 6.45) is 8.07.